The number of aliphatic carboxylic acids is 1. The first-order valence-electron chi connectivity index (χ1n) is 6.32. The van der Waals surface area contributed by atoms with Crippen LogP contribution in [0.5, 0.6) is 0 Å². The van der Waals surface area contributed by atoms with Crippen molar-refractivity contribution in [3.63, 3.8) is 0 Å². The van der Waals surface area contributed by atoms with Gasteiger partial charge in [0, 0.05) is 5.69 Å². The Morgan fingerprint density at radius 2 is 1.88 bits per heavy atom. The second kappa shape index (κ2) is 4.51. The van der Waals surface area contributed by atoms with Crippen LogP contribution in [0, 0.1) is 13.8 Å². The molecule has 1 N–H and O–H groups in total. The third-order valence-corrected chi connectivity index (χ3v) is 4.04. The average molecular weight is 236 g/mol. The third kappa shape index (κ3) is 1.96. The predicted molar refractivity (Wildman–Crippen MR) is 65.0 cm³/mol. The standard InChI is InChI=1S/C13H20N2O2/c1-10-11(2)15(9-14-10)13(12(16)17)7-5-3-4-6-8-13/h9H,3-8H2,1-2H3,(H,16,17). The van der Waals surface area contributed by atoms with E-state index >= 15 is 0 Å². The lowest BCUT2D eigenvalue weighted by atomic mass is 9.89. The van der Waals surface area contributed by atoms with Crippen molar-refractivity contribution in [3.8, 4) is 0 Å². The number of rotatable bonds is 2. The Labute approximate surface area is 102 Å². The zero-order chi connectivity index (χ0) is 12.5. The lowest BCUT2D eigenvalue weighted by molar-refractivity contribution is -0.148. The number of nitrogens with zero attached hydrogens (tertiary/aromatic N) is 2. The van der Waals surface area contributed by atoms with Gasteiger partial charge in [0.15, 0.2) is 0 Å². The third-order valence-electron chi connectivity index (χ3n) is 4.04. The minimum Gasteiger partial charge on any atom is -0.479 e. The van der Waals surface area contributed by atoms with E-state index in [-0.39, 0.29) is 0 Å². The van der Waals surface area contributed by atoms with Gasteiger partial charge in [-0.05, 0) is 26.7 Å². The molecule has 0 saturated heterocycles. The molecule has 0 spiro atoms. The second-order valence-electron chi connectivity index (χ2n) is 5.04. The molecule has 1 aromatic rings. The number of imidazole rings is 1. The van der Waals surface area contributed by atoms with Gasteiger partial charge in [-0.15, -0.1) is 0 Å². The summed E-state index contributed by atoms with van der Waals surface area (Å²) in [5.74, 6) is -0.708. The molecule has 0 radical (unpaired) electrons. The highest BCUT2D eigenvalue weighted by Crippen LogP contribution is 2.35. The highest BCUT2D eigenvalue weighted by molar-refractivity contribution is 5.77. The molecule has 1 aliphatic carbocycles. The summed E-state index contributed by atoms with van der Waals surface area (Å²) in [6.07, 6.45) is 7.40. The molecule has 0 atom stereocenters. The van der Waals surface area contributed by atoms with Crippen molar-refractivity contribution in [3.05, 3.63) is 17.7 Å². The quantitative estimate of drug-likeness (QED) is 0.803. The monoisotopic (exact) mass is 236 g/mol. The molecule has 1 aliphatic rings. The minimum absolute atomic E-state index is 0.708. The maximum Gasteiger partial charge on any atom is 0.329 e. The number of aryl methyl sites for hydroxylation is 1. The van der Waals surface area contributed by atoms with Crippen LogP contribution >= 0.6 is 0 Å². The van der Waals surface area contributed by atoms with Crippen molar-refractivity contribution in [2.45, 2.75) is 57.9 Å². The maximum absolute atomic E-state index is 11.7. The summed E-state index contributed by atoms with van der Waals surface area (Å²) in [6.45, 7) is 3.88. The van der Waals surface area contributed by atoms with Crippen molar-refractivity contribution in [2.24, 2.45) is 0 Å². The van der Waals surface area contributed by atoms with E-state index in [0.29, 0.717) is 0 Å². The Balaban J connectivity index is 2.46. The van der Waals surface area contributed by atoms with Crippen LogP contribution in [0.2, 0.25) is 0 Å². The van der Waals surface area contributed by atoms with Crippen LogP contribution in [0.4, 0.5) is 0 Å². The molecule has 1 saturated carbocycles. The lowest BCUT2D eigenvalue weighted by Crippen LogP contribution is -2.41. The summed E-state index contributed by atoms with van der Waals surface area (Å²) in [7, 11) is 0. The molecule has 94 valence electrons. The van der Waals surface area contributed by atoms with Gasteiger partial charge in [-0.1, -0.05) is 25.7 Å². The molecule has 0 amide bonds. The highest BCUT2D eigenvalue weighted by atomic mass is 16.4. The van der Waals surface area contributed by atoms with Gasteiger partial charge in [-0.25, -0.2) is 9.78 Å². The average Bonchev–Trinajstić information content (AvgIpc) is 2.56. The van der Waals surface area contributed by atoms with Crippen LogP contribution in [0.1, 0.15) is 49.9 Å². The molecule has 4 heteroatoms. The summed E-state index contributed by atoms with van der Waals surface area (Å²) in [4.78, 5) is 16.0. The van der Waals surface area contributed by atoms with Gasteiger partial charge < -0.3 is 9.67 Å². The normalized spacial score (nSPS) is 19.9. The summed E-state index contributed by atoms with van der Waals surface area (Å²) in [6, 6.07) is 0. The lowest BCUT2D eigenvalue weighted by Gasteiger charge is -2.31. The first-order valence-corrected chi connectivity index (χ1v) is 6.32. The second-order valence-corrected chi connectivity index (χ2v) is 5.04. The fourth-order valence-electron chi connectivity index (χ4n) is 2.80. The Bertz CT molecular complexity index is 415. The van der Waals surface area contributed by atoms with Crippen molar-refractivity contribution >= 4 is 5.97 Å². The SMILES string of the molecule is Cc1ncn(C2(C(=O)O)CCCCCC2)c1C. The van der Waals surface area contributed by atoms with Crippen molar-refractivity contribution in [1.29, 1.82) is 0 Å². The highest BCUT2D eigenvalue weighted by Gasteiger charge is 2.41. The van der Waals surface area contributed by atoms with Crippen LogP contribution in [-0.2, 0) is 10.3 Å². The molecule has 4 nitrogen and oxygen atoms in total. The molecule has 1 heterocycles. The number of aromatic nitrogens is 2. The number of hydrogen-bond donors (Lipinski definition) is 1. The van der Waals surface area contributed by atoms with Crippen molar-refractivity contribution in [1.82, 2.24) is 9.55 Å². The Morgan fingerprint density at radius 3 is 2.29 bits per heavy atom. The van der Waals surface area contributed by atoms with E-state index in [9.17, 15) is 9.90 Å². The van der Waals surface area contributed by atoms with Crippen molar-refractivity contribution in [2.75, 3.05) is 0 Å². The number of carboxylic acid groups (broad SMARTS) is 1. The molecule has 0 aromatic carbocycles. The minimum atomic E-state index is -0.762. The van der Waals surface area contributed by atoms with Crippen LogP contribution in [0.25, 0.3) is 0 Å². The van der Waals surface area contributed by atoms with Gasteiger partial charge in [0.05, 0.1) is 12.0 Å². The molecule has 1 aromatic heterocycles. The number of carbonyl (C=O) groups is 1. The molecule has 0 bridgehead atoms. The van der Waals surface area contributed by atoms with Crippen LogP contribution in [0.3, 0.4) is 0 Å². The van der Waals surface area contributed by atoms with Gasteiger partial charge in [-0.2, -0.15) is 0 Å². The van der Waals surface area contributed by atoms with E-state index in [2.05, 4.69) is 4.98 Å². The van der Waals surface area contributed by atoms with Gasteiger partial charge in [-0.3, -0.25) is 0 Å². The zero-order valence-electron chi connectivity index (χ0n) is 10.6. The van der Waals surface area contributed by atoms with E-state index in [1.165, 1.54) is 0 Å². The largest absolute Gasteiger partial charge is 0.479 e. The van der Waals surface area contributed by atoms with Gasteiger partial charge in [0.25, 0.3) is 0 Å². The molecule has 0 unspecified atom stereocenters. The number of hydrogen-bond acceptors (Lipinski definition) is 2. The topological polar surface area (TPSA) is 55.1 Å². The van der Waals surface area contributed by atoms with Gasteiger partial charge in [0.1, 0.15) is 5.54 Å². The Kier molecular flexibility index (Phi) is 3.22. The molecule has 2 rings (SSSR count). The van der Waals surface area contributed by atoms with Crippen LogP contribution in [-0.4, -0.2) is 20.6 Å². The van der Waals surface area contributed by atoms with Crippen LogP contribution in [0.15, 0.2) is 6.33 Å². The Morgan fingerprint density at radius 1 is 1.29 bits per heavy atom. The molecular weight excluding hydrogens is 216 g/mol. The smallest absolute Gasteiger partial charge is 0.329 e. The summed E-state index contributed by atoms with van der Waals surface area (Å²) in [5, 5.41) is 9.65. The zero-order valence-corrected chi connectivity index (χ0v) is 10.6. The first-order chi connectivity index (χ1) is 8.08. The molecule has 1 fully saturated rings. The van der Waals surface area contributed by atoms with Gasteiger partial charge in [0.2, 0.25) is 0 Å². The van der Waals surface area contributed by atoms with E-state index in [1.807, 2.05) is 18.4 Å². The Hall–Kier alpha value is -1.32. The van der Waals surface area contributed by atoms with E-state index in [4.69, 9.17) is 0 Å². The van der Waals surface area contributed by atoms with Crippen molar-refractivity contribution < 1.29 is 9.90 Å². The fourth-order valence-corrected chi connectivity index (χ4v) is 2.80. The number of carboxylic acids is 1. The van der Waals surface area contributed by atoms with E-state index in [1.54, 1.807) is 6.33 Å². The molecular formula is C13H20N2O2. The predicted octanol–water partition coefficient (Wildman–Crippen LogP) is 2.63. The first kappa shape index (κ1) is 12.1. The summed E-state index contributed by atoms with van der Waals surface area (Å²) in [5.41, 5.74) is 1.14. The van der Waals surface area contributed by atoms with Gasteiger partial charge >= 0.3 is 5.97 Å². The van der Waals surface area contributed by atoms with E-state index < -0.39 is 11.5 Å². The molecule has 0 aliphatic heterocycles. The maximum atomic E-state index is 11.7. The summed E-state index contributed by atoms with van der Waals surface area (Å²) >= 11 is 0. The van der Waals surface area contributed by atoms with E-state index in [0.717, 1.165) is 49.9 Å². The molecule has 17 heavy (non-hydrogen) atoms. The summed E-state index contributed by atoms with van der Waals surface area (Å²) < 4.78 is 1.88. The van der Waals surface area contributed by atoms with Crippen LogP contribution < -0.4 is 0 Å². The fraction of sp³-hybridized carbons (Fsp3) is 0.692.